The topological polar surface area (TPSA) is 90.5 Å². The minimum Gasteiger partial charge on any atom is -0.322 e. The molecule has 0 radical (unpaired) electrons. The number of hydrogen-bond donors (Lipinski definition) is 3. The van der Waals surface area contributed by atoms with Gasteiger partial charge in [0.05, 0.1) is 0 Å². The molecule has 4 rings (SSSR count). The molecule has 0 saturated carbocycles. The third-order valence-corrected chi connectivity index (χ3v) is 5.73. The summed E-state index contributed by atoms with van der Waals surface area (Å²) in [6, 6.07) is 5.89. The summed E-state index contributed by atoms with van der Waals surface area (Å²) >= 11 is 0. The van der Waals surface area contributed by atoms with Crippen molar-refractivity contribution in [2.45, 2.75) is 57.3 Å². The zero-order valence-corrected chi connectivity index (χ0v) is 15.4. The van der Waals surface area contributed by atoms with Gasteiger partial charge >= 0.3 is 0 Å². The van der Waals surface area contributed by atoms with Crippen LogP contribution in [0.5, 0.6) is 0 Å². The predicted molar refractivity (Wildman–Crippen MR) is 99.8 cm³/mol. The van der Waals surface area contributed by atoms with Crippen molar-refractivity contribution >= 4 is 17.7 Å². The summed E-state index contributed by atoms with van der Waals surface area (Å²) in [5.74, 6) is -0.741. The first-order chi connectivity index (χ1) is 13.1. The highest BCUT2D eigenvalue weighted by Gasteiger charge is 2.39. The van der Waals surface area contributed by atoms with Gasteiger partial charge in [-0.3, -0.25) is 19.7 Å². The van der Waals surface area contributed by atoms with Gasteiger partial charge < -0.3 is 15.5 Å². The summed E-state index contributed by atoms with van der Waals surface area (Å²) in [5, 5.41) is 9.37. The molecule has 3 amide bonds. The molecular weight excluding hydrogens is 344 g/mol. The van der Waals surface area contributed by atoms with E-state index in [1.165, 1.54) is 19.3 Å². The molecule has 3 aliphatic rings. The number of amides is 3. The summed E-state index contributed by atoms with van der Waals surface area (Å²) in [6.45, 7) is 3.22. The second-order valence-corrected chi connectivity index (χ2v) is 7.67. The minimum atomic E-state index is -0.554. The van der Waals surface area contributed by atoms with Crippen LogP contribution in [0.3, 0.4) is 0 Å². The lowest BCUT2D eigenvalue weighted by Crippen LogP contribution is -2.52. The smallest absolute Gasteiger partial charge is 0.255 e. The van der Waals surface area contributed by atoms with Crippen LogP contribution in [0.25, 0.3) is 0 Å². The quantitative estimate of drug-likeness (QED) is 0.678. The lowest BCUT2D eigenvalue weighted by molar-refractivity contribution is -0.136. The van der Waals surface area contributed by atoms with Crippen LogP contribution in [0.15, 0.2) is 18.2 Å². The maximum Gasteiger partial charge on any atom is 0.255 e. The monoisotopic (exact) mass is 370 g/mol. The van der Waals surface area contributed by atoms with Gasteiger partial charge in [-0.15, -0.1) is 0 Å². The van der Waals surface area contributed by atoms with Crippen molar-refractivity contribution in [3.05, 3.63) is 34.9 Å². The van der Waals surface area contributed by atoms with Crippen molar-refractivity contribution in [2.75, 3.05) is 13.1 Å². The average molecular weight is 370 g/mol. The number of nitrogens with zero attached hydrogens (tertiary/aromatic N) is 1. The van der Waals surface area contributed by atoms with Crippen LogP contribution >= 0.6 is 0 Å². The predicted octanol–water partition coefficient (Wildman–Crippen LogP) is 0.679. The Morgan fingerprint density at radius 2 is 2.04 bits per heavy atom. The number of hydrogen-bond acceptors (Lipinski definition) is 5. The first-order valence-corrected chi connectivity index (χ1v) is 9.82. The van der Waals surface area contributed by atoms with Gasteiger partial charge in [0, 0.05) is 37.7 Å². The van der Waals surface area contributed by atoms with Crippen LogP contribution in [0.2, 0.25) is 0 Å². The summed E-state index contributed by atoms with van der Waals surface area (Å²) in [4.78, 5) is 37.9. The van der Waals surface area contributed by atoms with E-state index in [2.05, 4.69) is 22.0 Å². The lowest BCUT2D eigenvalue weighted by Gasteiger charge is -2.29. The normalized spacial score (nSPS) is 25.9. The van der Waals surface area contributed by atoms with Gasteiger partial charge in [0.15, 0.2) is 0 Å². The van der Waals surface area contributed by atoms with Crippen LogP contribution in [0, 0.1) is 0 Å². The number of nitrogens with one attached hydrogen (secondary N) is 3. The fourth-order valence-corrected chi connectivity index (χ4v) is 4.17. The Bertz CT molecular complexity index is 756. The van der Waals surface area contributed by atoms with E-state index in [1.807, 2.05) is 12.1 Å². The first-order valence-electron chi connectivity index (χ1n) is 9.82. The SMILES string of the molecule is O=C1CCC(N2Cc3ccc(CNC4CCCCNC4)cc3C2=O)C(=O)N1. The molecule has 3 N–H and O–H groups in total. The molecule has 2 atom stereocenters. The minimum absolute atomic E-state index is 0.113. The Labute approximate surface area is 158 Å². The van der Waals surface area contributed by atoms with E-state index in [-0.39, 0.29) is 24.1 Å². The van der Waals surface area contributed by atoms with Gasteiger partial charge in [0.25, 0.3) is 5.91 Å². The molecule has 0 spiro atoms. The van der Waals surface area contributed by atoms with E-state index in [0.29, 0.717) is 24.6 Å². The Balaban J connectivity index is 1.42. The Morgan fingerprint density at radius 1 is 1.15 bits per heavy atom. The van der Waals surface area contributed by atoms with E-state index >= 15 is 0 Å². The fourth-order valence-electron chi connectivity index (χ4n) is 4.17. The molecule has 0 bridgehead atoms. The maximum atomic E-state index is 12.9. The summed E-state index contributed by atoms with van der Waals surface area (Å²) in [7, 11) is 0. The number of piperidine rings is 1. The van der Waals surface area contributed by atoms with E-state index < -0.39 is 6.04 Å². The van der Waals surface area contributed by atoms with Crippen LogP contribution in [-0.4, -0.2) is 47.8 Å². The molecule has 7 heteroatoms. The van der Waals surface area contributed by atoms with Crippen LogP contribution in [0.4, 0.5) is 0 Å². The standard InChI is InChI=1S/C20H26N4O3/c25-18-7-6-17(19(26)23-18)24-12-14-5-4-13(9-16(14)20(24)27)10-22-15-3-1-2-8-21-11-15/h4-5,9,15,17,21-22H,1-3,6-8,10-12H2,(H,23,25,26). The van der Waals surface area contributed by atoms with Gasteiger partial charge in [-0.25, -0.2) is 0 Å². The average Bonchev–Trinajstić information content (AvgIpc) is 2.84. The molecule has 144 valence electrons. The van der Waals surface area contributed by atoms with Crippen LogP contribution < -0.4 is 16.0 Å². The van der Waals surface area contributed by atoms with Gasteiger partial charge in [0.2, 0.25) is 11.8 Å². The highest BCUT2D eigenvalue weighted by Crippen LogP contribution is 2.28. The van der Waals surface area contributed by atoms with Gasteiger partial charge in [0.1, 0.15) is 6.04 Å². The third-order valence-electron chi connectivity index (χ3n) is 5.73. The molecule has 2 saturated heterocycles. The van der Waals surface area contributed by atoms with Gasteiger partial charge in [-0.2, -0.15) is 0 Å². The molecular formula is C20H26N4O3. The van der Waals surface area contributed by atoms with Crippen molar-refractivity contribution in [3.8, 4) is 0 Å². The molecule has 1 aromatic carbocycles. The van der Waals surface area contributed by atoms with Crippen molar-refractivity contribution in [3.63, 3.8) is 0 Å². The Hall–Kier alpha value is -2.25. The maximum absolute atomic E-state index is 12.9. The van der Waals surface area contributed by atoms with Gasteiger partial charge in [-0.1, -0.05) is 18.6 Å². The van der Waals surface area contributed by atoms with E-state index in [4.69, 9.17) is 0 Å². The second-order valence-electron chi connectivity index (χ2n) is 7.67. The highest BCUT2D eigenvalue weighted by molar-refractivity contribution is 6.05. The van der Waals surface area contributed by atoms with Gasteiger partial charge in [-0.05, 0) is 43.0 Å². The van der Waals surface area contributed by atoms with E-state index in [0.717, 1.165) is 30.8 Å². The largest absolute Gasteiger partial charge is 0.322 e. The van der Waals surface area contributed by atoms with Crippen molar-refractivity contribution in [2.24, 2.45) is 0 Å². The molecule has 1 aromatic rings. The number of rotatable bonds is 4. The zero-order valence-electron chi connectivity index (χ0n) is 15.4. The number of benzene rings is 1. The molecule has 0 aromatic heterocycles. The molecule has 3 aliphatic heterocycles. The van der Waals surface area contributed by atoms with Crippen LogP contribution in [-0.2, 0) is 22.7 Å². The van der Waals surface area contributed by atoms with Crippen LogP contribution in [0.1, 0.15) is 53.6 Å². The number of carbonyl (C=O) groups is 3. The molecule has 7 nitrogen and oxygen atoms in total. The molecule has 3 heterocycles. The first kappa shape index (κ1) is 18.1. The third kappa shape index (κ3) is 3.89. The fraction of sp³-hybridized carbons (Fsp3) is 0.550. The van der Waals surface area contributed by atoms with E-state index in [9.17, 15) is 14.4 Å². The summed E-state index contributed by atoms with van der Waals surface area (Å²) in [5.41, 5.74) is 2.71. The molecule has 2 unspecified atom stereocenters. The highest BCUT2D eigenvalue weighted by atomic mass is 16.2. The molecule has 27 heavy (non-hydrogen) atoms. The van der Waals surface area contributed by atoms with Crippen molar-refractivity contribution in [1.82, 2.24) is 20.9 Å². The van der Waals surface area contributed by atoms with Crippen molar-refractivity contribution in [1.29, 1.82) is 0 Å². The number of imide groups is 1. The summed E-state index contributed by atoms with van der Waals surface area (Å²) < 4.78 is 0. The molecule has 2 fully saturated rings. The Morgan fingerprint density at radius 3 is 2.89 bits per heavy atom. The number of carbonyl (C=O) groups excluding carboxylic acids is 3. The lowest BCUT2D eigenvalue weighted by atomic mass is 10.0. The molecule has 0 aliphatic carbocycles. The van der Waals surface area contributed by atoms with E-state index in [1.54, 1.807) is 4.90 Å². The number of fused-ring (bicyclic) bond motifs is 1. The van der Waals surface area contributed by atoms with Crippen molar-refractivity contribution < 1.29 is 14.4 Å². The summed E-state index contributed by atoms with van der Waals surface area (Å²) in [6.07, 6.45) is 4.30. The zero-order chi connectivity index (χ0) is 18.8. The Kier molecular flexibility index (Phi) is 5.22. The second kappa shape index (κ2) is 7.78.